The van der Waals surface area contributed by atoms with Crippen molar-refractivity contribution in [2.45, 2.75) is 33.3 Å². The third-order valence-electron chi connectivity index (χ3n) is 3.05. The molecule has 19 heavy (non-hydrogen) atoms. The van der Waals surface area contributed by atoms with Gasteiger partial charge in [-0.25, -0.2) is 0 Å². The predicted molar refractivity (Wildman–Crippen MR) is 75.5 cm³/mol. The Balaban J connectivity index is 2.15. The molecular weight excluding hydrogens is 238 g/mol. The molecule has 0 aliphatic heterocycles. The average molecular weight is 257 g/mol. The van der Waals surface area contributed by atoms with Crippen molar-refractivity contribution in [2.75, 3.05) is 0 Å². The Morgan fingerprint density at radius 1 is 1.21 bits per heavy atom. The summed E-state index contributed by atoms with van der Waals surface area (Å²) < 4.78 is 5.79. The first-order chi connectivity index (χ1) is 9.10. The molecule has 0 aliphatic rings. The highest BCUT2D eigenvalue weighted by Crippen LogP contribution is 2.26. The van der Waals surface area contributed by atoms with Crippen molar-refractivity contribution in [3.63, 3.8) is 0 Å². The lowest BCUT2D eigenvalue weighted by Crippen LogP contribution is -1.98. The van der Waals surface area contributed by atoms with Gasteiger partial charge in [-0.1, -0.05) is 24.6 Å². The Morgan fingerprint density at radius 3 is 2.58 bits per heavy atom. The monoisotopic (exact) mass is 257 g/mol. The van der Waals surface area contributed by atoms with Crippen molar-refractivity contribution in [1.29, 1.82) is 0 Å². The third-order valence-corrected chi connectivity index (χ3v) is 3.05. The summed E-state index contributed by atoms with van der Waals surface area (Å²) in [6.07, 6.45) is 1.80. The molecule has 0 amide bonds. The first-order valence-corrected chi connectivity index (χ1v) is 6.49. The minimum absolute atomic E-state index is 0.504. The molecule has 2 aromatic rings. The summed E-state index contributed by atoms with van der Waals surface area (Å²) in [5, 5.41) is 9.68. The fourth-order valence-electron chi connectivity index (χ4n) is 1.90. The summed E-state index contributed by atoms with van der Waals surface area (Å²) in [4.78, 5) is 4.22. The highest BCUT2D eigenvalue weighted by atomic mass is 16.5. The van der Waals surface area contributed by atoms with E-state index in [-0.39, 0.29) is 0 Å². The van der Waals surface area contributed by atoms with Gasteiger partial charge in [-0.3, -0.25) is 4.98 Å². The van der Waals surface area contributed by atoms with Gasteiger partial charge >= 0.3 is 0 Å². The Kier molecular flexibility index (Phi) is 4.17. The SMILES string of the molecule is CCC(O)c1ccc(Oc2ccc(C)cc2C)cn1. The summed E-state index contributed by atoms with van der Waals surface area (Å²) in [6, 6.07) is 9.69. The van der Waals surface area contributed by atoms with Crippen LogP contribution in [-0.2, 0) is 0 Å². The van der Waals surface area contributed by atoms with Crippen LogP contribution in [0.5, 0.6) is 11.5 Å². The maximum absolute atomic E-state index is 9.68. The number of aryl methyl sites for hydroxylation is 2. The molecular formula is C16H19NO2. The Bertz CT molecular complexity index is 549. The van der Waals surface area contributed by atoms with E-state index >= 15 is 0 Å². The molecule has 1 aromatic heterocycles. The van der Waals surface area contributed by atoms with Crippen LogP contribution < -0.4 is 4.74 Å². The van der Waals surface area contributed by atoms with Crippen molar-refractivity contribution in [2.24, 2.45) is 0 Å². The number of benzene rings is 1. The molecule has 0 saturated carbocycles. The van der Waals surface area contributed by atoms with Crippen LogP contribution in [0.15, 0.2) is 36.5 Å². The largest absolute Gasteiger partial charge is 0.455 e. The van der Waals surface area contributed by atoms with E-state index in [0.717, 1.165) is 11.3 Å². The van der Waals surface area contributed by atoms with E-state index in [4.69, 9.17) is 4.74 Å². The van der Waals surface area contributed by atoms with Gasteiger partial charge < -0.3 is 9.84 Å². The van der Waals surface area contributed by atoms with E-state index in [1.54, 1.807) is 12.3 Å². The van der Waals surface area contributed by atoms with E-state index in [0.29, 0.717) is 17.9 Å². The molecule has 100 valence electrons. The number of pyridine rings is 1. The Labute approximate surface area is 113 Å². The normalized spacial score (nSPS) is 12.2. The maximum Gasteiger partial charge on any atom is 0.145 e. The standard InChI is InChI=1S/C16H19NO2/c1-4-15(18)14-7-6-13(10-17-14)19-16-8-5-11(2)9-12(16)3/h5-10,15,18H,4H2,1-3H3. The van der Waals surface area contributed by atoms with Gasteiger partial charge in [0.1, 0.15) is 11.5 Å². The second-order valence-electron chi connectivity index (χ2n) is 4.71. The lowest BCUT2D eigenvalue weighted by atomic mass is 10.1. The zero-order valence-corrected chi connectivity index (χ0v) is 11.6. The molecule has 3 nitrogen and oxygen atoms in total. The third kappa shape index (κ3) is 3.32. The topological polar surface area (TPSA) is 42.4 Å². The van der Waals surface area contributed by atoms with Gasteiger partial charge in [-0.05, 0) is 44.0 Å². The van der Waals surface area contributed by atoms with Gasteiger partial charge in [0.05, 0.1) is 18.0 Å². The van der Waals surface area contributed by atoms with Crippen LogP contribution in [0.25, 0.3) is 0 Å². The average Bonchev–Trinajstić information content (AvgIpc) is 2.42. The molecule has 0 aliphatic carbocycles. The van der Waals surface area contributed by atoms with Gasteiger partial charge in [0.15, 0.2) is 0 Å². The number of aromatic nitrogens is 1. The van der Waals surface area contributed by atoms with Gasteiger partial charge in [0, 0.05) is 0 Å². The maximum atomic E-state index is 9.68. The van der Waals surface area contributed by atoms with Gasteiger partial charge in [0.25, 0.3) is 0 Å². The van der Waals surface area contributed by atoms with Gasteiger partial charge in [0.2, 0.25) is 0 Å². The van der Waals surface area contributed by atoms with Crippen molar-refractivity contribution in [3.05, 3.63) is 53.3 Å². The van der Waals surface area contributed by atoms with Crippen LogP contribution in [0.1, 0.15) is 36.3 Å². The van der Waals surface area contributed by atoms with Gasteiger partial charge in [-0.2, -0.15) is 0 Å². The van der Waals surface area contributed by atoms with Crippen molar-refractivity contribution in [1.82, 2.24) is 4.98 Å². The fourth-order valence-corrected chi connectivity index (χ4v) is 1.90. The molecule has 2 rings (SSSR count). The van der Waals surface area contributed by atoms with E-state index < -0.39 is 6.10 Å². The predicted octanol–water partition coefficient (Wildman–Crippen LogP) is 3.93. The van der Waals surface area contributed by atoms with Crippen LogP contribution in [-0.4, -0.2) is 10.1 Å². The lowest BCUT2D eigenvalue weighted by molar-refractivity contribution is 0.169. The molecule has 0 spiro atoms. The number of aliphatic hydroxyl groups excluding tert-OH is 1. The highest BCUT2D eigenvalue weighted by Gasteiger charge is 2.07. The molecule has 1 heterocycles. The summed E-state index contributed by atoms with van der Waals surface area (Å²) in [6.45, 7) is 6.00. The first-order valence-electron chi connectivity index (χ1n) is 6.49. The van der Waals surface area contributed by atoms with Crippen LogP contribution in [0.3, 0.4) is 0 Å². The number of ether oxygens (including phenoxy) is 1. The number of hydrogen-bond acceptors (Lipinski definition) is 3. The quantitative estimate of drug-likeness (QED) is 0.902. The smallest absolute Gasteiger partial charge is 0.145 e. The summed E-state index contributed by atoms with van der Waals surface area (Å²) >= 11 is 0. The number of aliphatic hydroxyl groups is 1. The van der Waals surface area contributed by atoms with Gasteiger partial charge in [-0.15, -0.1) is 0 Å². The van der Waals surface area contributed by atoms with E-state index in [1.165, 1.54) is 5.56 Å². The summed E-state index contributed by atoms with van der Waals surface area (Å²) in [5.74, 6) is 1.51. The van der Waals surface area contributed by atoms with Crippen molar-refractivity contribution < 1.29 is 9.84 Å². The molecule has 0 bridgehead atoms. The second kappa shape index (κ2) is 5.85. The molecule has 3 heteroatoms. The first kappa shape index (κ1) is 13.6. The fraction of sp³-hybridized carbons (Fsp3) is 0.312. The lowest BCUT2D eigenvalue weighted by Gasteiger charge is -2.11. The van der Waals surface area contributed by atoms with E-state index in [9.17, 15) is 5.11 Å². The summed E-state index contributed by atoms with van der Waals surface area (Å²) in [5.41, 5.74) is 2.98. The number of nitrogens with zero attached hydrogens (tertiary/aromatic N) is 1. The Morgan fingerprint density at radius 2 is 2.00 bits per heavy atom. The molecule has 1 aromatic carbocycles. The minimum atomic E-state index is -0.504. The van der Waals surface area contributed by atoms with Crippen molar-refractivity contribution >= 4 is 0 Å². The number of hydrogen-bond donors (Lipinski definition) is 1. The van der Waals surface area contributed by atoms with E-state index in [2.05, 4.69) is 18.0 Å². The second-order valence-corrected chi connectivity index (χ2v) is 4.71. The zero-order chi connectivity index (χ0) is 13.8. The molecule has 1 N–H and O–H groups in total. The van der Waals surface area contributed by atoms with E-state index in [1.807, 2.05) is 32.0 Å². The van der Waals surface area contributed by atoms with Crippen LogP contribution in [0.2, 0.25) is 0 Å². The van der Waals surface area contributed by atoms with Crippen LogP contribution in [0, 0.1) is 13.8 Å². The molecule has 0 saturated heterocycles. The minimum Gasteiger partial charge on any atom is -0.455 e. The Hall–Kier alpha value is -1.87. The highest BCUT2D eigenvalue weighted by molar-refractivity contribution is 5.39. The molecule has 1 unspecified atom stereocenters. The molecule has 0 radical (unpaired) electrons. The van der Waals surface area contributed by atoms with Crippen LogP contribution in [0.4, 0.5) is 0 Å². The molecule has 1 atom stereocenters. The van der Waals surface area contributed by atoms with Crippen molar-refractivity contribution in [3.8, 4) is 11.5 Å². The summed E-state index contributed by atoms with van der Waals surface area (Å²) in [7, 11) is 0. The van der Waals surface area contributed by atoms with Crippen LogP contribution >= 0.6 is 0 Å². The number of rotatable bonds is 4. The molecule has 0 fully saturated rings. The zero-order valence-electron chi connectivity index (χ0n) is 11.6.